The van der Waals surface area contributed by atoms with Crippen LogP contribution < -0.4 is 4.74 Å². The first-order valence-corrected chi connectivity index (χ1v) is 6.24. The van der Waals surface area contributed by atoms with E-state index in [4.69, 9.17) is 9.47 Å². The van der Waals surface area contributed by atoms with E-state index in [1.807, 2.05) is 54.6 Å². The van der Waals surface area contributed by atoms with E-state index < -0.39 is 5.97 Å². The second-order valence-electron chi connectivity index (χ2n) is 4.15. The normalized spacial score (nSPS) is 11.0. The highest BCUT2D eigenvalue weighted by atomic mass is 16.5. The van der Waals surface area contributed by atoms with Crippen molar-refractivity contribution in [3.05, 3.63) is 71.8 Å². The molecule has 2 aromatic rings. The van der Waals surface area contributed by atoms with Gasteiger partial charge in [0, 0.05) is 11.6 Å². The van der Waals surface area contributed by atoms with Gasteiger partial charge in [-0.1, -0.05) is 48.5 Å². The molecule has 0 saturated heterocycles. The van der Waals surface area contributed by atoms with Gasteiger partial charge in [-0.3, -0.25) is 0 Å². The van der Waals surface area contributed by atoms with Gasteiger partial charge in [0.05, 0.1) is 14.2 Å². The van der Waals surface area contributed by atoms with Crippen LogP contribution in [0.2, 0.25) is 0 Å². The maximum atomic E-state index is 11.6. The van der Waals surface area contributed by atoms with Gasteiger partial charge in [0.15, 0.2) is 0 Å². The van der Waals surface area contributed by atoms with Gasteiger partial charge in [-0.25, -0.2) is 4.79 Å². The summed E-state index contributed by atoms with van der Waals surface area (Å²) in [4.78, 5) is 11.6. The molecule has 0 atom stereocenters. The van der Waals surface area contributed by atoms with Crippen LogP contribution in [-0.4, -0.2) is 20.2 Å². The Labute approximate surface area is 118 Å². The fraction of sp³-hybridized carbons (Fsp3) is 0.118. The highest BCUT2D eigenvalue weighted by Gasteiger charge is 2.12. The Hall–Kier alpha value is -2.55. The number of carbonyl (C=O) groups excluding carboxylic acids is 1. The van der Waals surface area contributed by atoms with Crippen LogP contribution in [0.25, 0.3) is 5.57 Å². The number of carbonyl (C=O) groups is 1. The van der Waals surface area contributed by atoms with Crippen molar-refractivity contribution in [2.24, 2.45) is 0 Å². The summed E-state index contributed by atoms with van der Waals surface area (Å²) in [5, 5.41) is 0. The van der Waals surface area contributed by atoms with Crippen LogP contribution in [0, 0.1) is 0 Å². The van der Waals surface area contributed by atoms with E-state index in [2.05, 4.69) is 0 Å². The van der Waals surface area contributed by atoms with E-state index in [9.17, 15) is 4.79 Å². The van der Waals surface area contributed by atoms with Gasteiger partial charge in [0.2, 0.25) is 0 Å². The molecule has 0 fully saturated rings. The molecular formula is C17H16O3. The lowest BCUT2D eigenvalue weighted by Crippen LogP contribution is -2.00. The molecule has 0 aliphatic carbocycles. The molecule has 0 bridgehead atoms. The summed E-state index contributed by atoms with van der Waals surface area (Å²) < 4.78 is 10.1. The van der Waals surface area contributed by atoms with Crippen molar-refractivity contribution in [2.75, 3.05) is 14.2 Å². The maximum Gasteiger partial charge on any atom is 0.331 e. The minimum atomic E-state index is -0.394. The summed E-state index contributed by atoms with van der Waals surface area (Å²) in [6.45, 7) is 0. The zero-order valence-corrected chi connectivity index (χ0v) is 11.5. The lowest BCUT2D eigenvalue weighted by atomic mass is 9.97. The topological polar surface area (TPSA) is 35.5 Å². The van der Waals surface area contributed by atoms with Crippen molar-refractivity contribution < 1.29 is 14.3 Å². The van der Waals surface area contributed by atoms with Crippen LogP contribution in [0.15, 0.2) is 60.7 Å². The molecule has 0 heterocycles. The number of ether oxygens (including phenoxy) is 2. The molecule has 102 valence electrons. The fourth-order valence-corrected chi connectivity index (χ4v) is 1.98. The fourth-order valence-electron chi connectivity index (χ4n) is 1.98. The smallest absolute Gasteiger partial charge is 0.331 e. The molecule has 3 heteroatoms. The van der Waals surface area contributed by atoms with Crippen molar-refractivity contribution in [3.8, 4) is 5.75 Å². The summed E-state index contributed by atoms with van der Waals surface area (Å²) in [5.74, 6) is 0.321. The first-order chi connectivity index (χ1) is 9.76. The van der Waals surface area contributed by atoms with E-state index in [0.717, 1.165) is 16.7 Å². The molecular weight excluding hydrogens is 252 g/mol. The zero-order valence-electron chi connectivity index (χ0n) is 11.5. The number of benzene rings is 2. The van der Waals surface area contributed by atoms with Crippen LogP contribution in [0.1, 0.15) is 11.1 Å². The molecule has 0 aromatic heterocycles. The second-order valence-corrected chi connectivity index (χ2v) is 4.15. The van der Waals surface area contributed by atoms with E-state index in [1.54, 1.807) is 7.11 Å². The molecule has 2 aromatic carbocycles. The third-order valence-electron chi connectivity index (χ3n) is 2.95. The third-order valence-corrected chi connectivity index (χ3v) is 2.95. The first-order valence-electron chi connectivity index (χ1n) is 6.24. The lowest BCUT2D eigenvalue weighted by molar-refractivity contribution is -0.134. The zero-order chi connectivity index (χ0) is 14.4. The Kier molecular flexibility index (Phi) is 4.56. The SMILES string of the molecule is COC(=O)C=C(c1ccccc1)c1ccccc1OC. The maximum absolute atomic E-state index is 11.6. The highest BCUT2D eigenvalue weighted by Crippen LogP contribution is 2.30. The van der Waals surface area contributed by atoms with Crippen molar-refractivity contribution in [1.82, 2.24) is 0 Å². The number of methoxy groups -OCH3 is 2. The molecule has 0 spiro atoms. The van der Waals surface area contributed by atoms with Gasteiger partial charge in [-0.2, -0.15) is 0 Å². The van der Waals surface area contributed by atoms with E-state index >= 15 is 0 Å². The summed E-state index contributed by atoms with van der Waals surface area (Å²) in [7, 11) is 2.98. The predicted octanol–water partition coefficient (Wildman–Crippen LogP) is 3.30. The van der Waals surface area contributed by atoms with Gasteiger partial charge in [0.25, 0.3) is 0 Å². The Morgan fingerprint density at radius 3 is 2.25 bits per heavy atom. The van der Waals surface area contributed by atoms with E-state index in [1.165, 1.54) is 13.2 Å². The van der Waals surface area contributed by atoms with Crippen molar-refractivity contribution in [2.45, 2.75) is 0 Å². The molecule has 0 amide bonds. The second kappa shape index (κ2) is 6.57. The minimum absolute atomic E-state index is 0.394. The quantitative estimate of drug-likeness (QED) is 0.630. The Bertz CT molecular complexity index is 615. The summed E-state index contributed by atoms with van der Waals surface area (Å²) in [6, 6.07) is 17.3. The van der Waals surface area contributed by atoms with Gasteiger partial charge in [-0.15, -0.1) is 0 Å². The molecule has 0 saturated carbocycles. The average molecular weight is 268 g/mol. The predicted molar refractivity (Wildman–Crippen MR) is 78.5 cm³/mol. The largest absolute Gasteiger partial charge is 0.496 e. The molecule has 20 heavy (non-hydrogen) atoms. The van der Waals surface area contributed by atoms with Crippen LogP contribution >= 0.6 is 0 Å². The van der Waals surface area contributed by atoms with Gasteiger partial charge < -0.3 is 9.47 Å². The Morgan fingerprint density at radius 1 is 0.950 bits per heavy atom. The molecule has 3 nitrogen and oxygen atoms in total. The van der Waals surface area contributed by atoms with E-state index in [-0.39, 0.29) is 0 Å². The van der Waals surface area contributed by atoms with Gasteiger partial charge >= 0.3 is 5.97 Å². The van der Waals surface area contributed by atoms with Crippen molar-refractivity contribution in [1.29, 1.82) is 0 Å². The first kappa shape index (κ1) is 13.9. The number of hydrogen-bond donors (Lipinski definition) is 0. The molecule has 0 aliphatic rings. The number of hydrogen-bond acceptors (Lipinski definition) is 3. The van der Waals surface area contributed by atoms with Crippen molar-refractivity contribution >= 4 is 11.5 Å². The molecule has 0 radical (unpaired) electrons. The van der Waals surface area contributed by atoms with Crippen LogP contribution in [0.4, 0.5) is 0 Å². The lowest BCUT2D eigenvalue weighted by Gasteiger charge is -2.12. The van der Waals surface area contributed by atoms with Crippen LogP contribution in [-0.2, 0) is 9.53 Å². The average Bonchev–Trinajstić information content (AvgIpc) is 2.53. The third kappa shape index (κ3) is 3.06. The molecule has 2 rings (SSSR count). The number of esters is 1. The Balaban J connectivity index is 2.58. The number of rotatable bonds is 4. The van der Waals surface area contributed by atoms with Crippen LogP contribution in [0.5, 0.6) is 5.75 Å². The standard InChI is InChI=1S/C17H16O3/c1-19-16-11-7-6-10-14(16)15(12-17(18)20-2)13-8-4-3-5-9-13/h3-12H,1-2H3. The van der Waals surface area contributed by atoms with Gasteiger partial charge in [-0.05, 0) is 17.2 Å². The van der Waals surface area contributed by atoms with Crippen molar-refractivity contribution in [3.63, 3.8) is 0 Å². The molecule has 0 N–H and O–H groups in total. The minimum Gasteiger partial charge on any atom is -0.496 e. The monoisotopic (exact) mass is 268 g/mol. The van der Waals surface area contributed by atoms with Crippen LogP contribution in [0.3, 0.4) is 0 Å². The number of para-hydroxylation sites is 1. The summed E-state index contributed by atoms with van der Waals surface area (Å²) in [6.07, 6.45) is 1.48. The Morgan fingerprint density at radius 2 is 1.60 bits per heavy atom. The molecule has 0 unspecified atom stereocenters. The summed E-state index contributed by atoms with van der Waals surface area (Å²) >= 11 is 0. The molecule has 0 aliphatic heterocycles. The highest BCUT2D eigenvalue weighted by molar-refractivity contribution is 5.97. The van der Waals surface area contributed by atoms with E-state index in [0.29, 0.717) is 5.75 Å². The van der Waals surface area contributed by atoms with Gasteiger partial charge in [0.1, 0.15) is 5.75 Å². The summed E-state index contributed by atoms with van der Waals surface area (Å²) in [5.41, 5.74) is 2.56.